The molecule has 1 amide bonds. The molecule has 1 aliphatic heterocycles. The van der Waals surface area contributed by atoms with Crippen LogP contribution in [-0.2, 0) is 26.8 Å². The van der Waals surface area contributed by atoms with Crippen LogP contribution in [-0.4, -0.2) is 54.2 Å². The topological polar surface area (TPSA) is 84.3 Å². The highest BCUT2D eigenvalue weighted by Gasteiger charge is 2.36. The van der Waals surface area contributed by atoms with Gasteiger partial charge >= 0.3 is 0 Å². The van der Waals surface area contributed by atoms with Crippen LogP contribution in [0.2, 0.25) is 0 Å². The van der Waals surface area contributed by atoms with Gasteiger partial charge in [0.2, 0.25) is 21.9 Å². The average Bonchev–Trinajstić information content (AvgIpc) is 3.18. The van der Waals surface area contributed by atoms with E-state index in [9.17, 15) is 22.0 Å². The number of amides is 1. The Balaban J connectivity index is 1.62. The van der Waals surface area contributed by atoms with Crippen molar-refractivity contribution in [1.82, 2.24) is 19.2 Å². The summed E-state index contributed by atoms with van der Waals surface area (Å²) in [5.74, 6) is -1.70. The maximum atomic E-state index is 13.7. The van der Waals surface area contributed by atoms with Crippen LogP contribution in [0.25, 0.3) is 11.0 Å². The van der Waals surface area contributed by atoms with Crippen LogP contribution < -0.4 is 5.32 Å². The number of rotatable bonds is 6. The molecule has 10 heteroatoms. The maximum Gasteiger partial charge on any atom is 0.248 e. The van der Waals surface area contributed by atoms with E-state index in [2.05, 4.69) is 30.7 Å². The Bertz CT molecular complexity index is 1210. The van der Waals surface area contributed by atoms with Gasteiger partial charge < -0.3 is 9.88 Å². The first-order chi connectivity index (χ1) is 16.8. The van der Waals surface area contributed by atoms with Crippen molar-refractivity contribution < 1.29 is 22.0 Å². The first kappa shape index (κ1) is 27.0. The minimum Gasteiger partial charge on any atom is -0.359 e. The highest BCUT2D eigenvalue weighted by atomic mass is 32.2. The molecule has 2 aromatic rings. The van der Waals surface area contributed by atoms with Gasteiger partial charge in [0, 0.05) is 51.4 Å². The molecule has 1 saturated carbocycles. The Hall–Kier alpha value is -2.07. The van der Waals surface area contributed by atoms with E-state index in [-0.39, 0.29) is 40.9 Å². The number of benzene rings is 1. The molecule has 0 bridgehead atoms. The van der Waals surface area contributed by atoms with Gasteiger partial charge in [-0.05, 0) is 55.7 Å². The molecule has 4 rings (SSSR count). The van der Waals surface area contributed by atoms with E-state index in [4.69, 9.17) is 4.98 Å². The van der Waals surface area contributed by atoms with E-state index < -0.39 is 15.9 Å². The van der Waals surface area contributed by atoms with Gasteiger partial charge in [0.1, 0.15) is 5.82 Å². The average molecular weight is 525 g/mol. The summed E-state index contributed by atoms with van der Waals surface area (Å²) in [7, 11) is -2.15. The number of fused-ring (bicyclic) bond motifs is 1. The lowest BCUT2D eigenvalue weighted by Crippen LogP contribution is -2.41. The summed E-state index contributed by atoms with van der Waals surface area (Å²) in [4.78, 5) is 16.9. The van der Waals surface area contributed by atoms with E-state index >= 15 is 0 Å². The number of aromatic nitrogens is 2. The maximum absolute atomic E-state index is 13.7. The van der Waals surface area contributed by atoms with Gasteiger partial charge in [0.05, 0.1) is 15.9 Å². The van der Waals surface area contributed by atoms with Crippen LogP contribution in [0.4, 0.5) is 8.78 Å². The molecular formula is C26H38F2N4O3S. The van der Waals surface area contributed by atoms with Crippen LogP contribution in [0.15, 0.2) is 23.1 Å². The number of sulfonamides is 1. The summed E-state index contributed by atoms with van der Waals surface area (Å²) in [6, 6.07) is 5.06. The largest absolute Gasteiger partial charge is 0.359 e. The molecule has 1 aromatic heterocycles. The summed E-state index contributed by atoms with van der Waals surface area (Å²) < 4.78 is 58.0. The molecule has 36 heavy (non-hydrogen) atoms. The van der Waals surface area contributed by atoms with Gasteiger partial charge in [-0.25, -0.2) is 22.2 Å². The minimum atomic E-state index is -3.74. The van der Waals surface area contributed by atoms with Crippen molar-refractivity contribution in [3.63, 3.8) is 0 Å². The molecule has 1 atom stereocenters. The molecule has 2 aliphatic rings. The number of carbonyl (C=O) groups excluding carboxylic acids is 1. The molecule has 0 radical (unpaired) electrons. The zero-order valence-corrected chi connectivity index (χ0v) is 22.5. The summed E-state index contributed by atoms with van der Waals surface area (Å²) >= 11 is 0. The Morgan fingerprint density at radius 1 is 1.17 bits per heavy atom. The van der Waals surface area contributed by atoms with Gasteiger partial charge in [-0.1, -0.05) is 20.8 Å². The molecule has 1 aromatic carbocycles. The summed E-state index contributed by atoms with van der Waals surface area (Å²) in [6.45, 7) is 7.51. The number of carbonyl (C=O) groups is 1. The standard InChI is InChI=1S/C26H38F2N4O3S/c1-25(2,3)24-30-21-15-20(36(34,35)31-13-5-6-19(16-31)14-23(33)29-4)7-8-22(21)32(24)17-18-9-11-26(27,28)12-10-18/h7-8,15,18-19H,5-6,9-14,16-17H2,1-4H3,(H,29,33)/t19-/m0/s1. The lowest BCUT2D eigenvalue weighted by molar-refractivity contribution is -0.121. The molecule has 0 unspecified atom stereocenters. The van der Waals surface area contributed by atoms with Gasteiger partial charge in [0.15, 0.2) is 0 Å². The molecule has 1 aliphatic carbocycles. The smallest absolute Gasteiger partial charge is 0.248 e. The van der Waals surface area contributed by atoms with Gasteiger partial charge in [-0.15, -0.1) is 0 Å². The third-order valence-electron chi connectivity index (χ3n) is 7.54. The second-order valence-corrected chi connectivity index (χ2v) is 13.4. The van der Waals surface area contributed by atoms with Crippen molar-refractivity contribution >= 4 is 27.0 Å². The molecule has 200 valence electrons. The third kappa shape index (κ3) is 5.74. The third-order valence-corrected chi connectivity index (χ3v) is 9.40. The number of nitrogens with zero attached hydrogens (tertiary/aromatic N) is 3. The van der Waals surface area contributed by atoms with Crippen molar-refractivity contribution in [3.8, 4) is 0 Å². The van der Waals surface area contributed by atoms with Crippen molar-refractivity contribution in [2.75, 3.05) is 20.1 Å². The second-order valence-electron chi connectivity index (χ2n) is 11.5. The SMILES string of the molecule is CNC(=O)C[C@@H]1CCCN(S(=O)(=O)c2ccc3c(c2)nc(C(C)(C)C)n3CC2CCC(F)(F)CC2)C1. The number of piperidine rings is 1. The highest BCUT2D eigenvalue weighted by Crippen LogP contribution is 2.38. The molecule has 7 nitrogen and oxygen atoms in total. The highest BCUT2D eigenvalue weighted by molar-refractivity contribution is 7.89. The second kappa shape index (κ2) is 10.0. The predicted molar refractivity (Wildman–Crippen MR) is 136 cm³/mol. The number of hydrogen-bond donors (Lipinski definition) is 1. The van der Waals surface area contributed by atoms with Crippen LogP contribution in [0.3, 0.4) is 0 Å². The molecule has 2 fully saturated rings. The van der Waals surface area contributed by atoms with Crippen molar-refractivity contribution in [2.45, 2.75) is 88.5 Å². The zero-order chi connectivity index (χ0) is 26.3. The summed E-state index contributed by atoms with van der Waals surface area (Å²) in [5.41, 5.74) is 1.13. The normalized spacial score (nSPS) is 22.1. The summed E-state index contributed by atoms with van der Waals surface area (Å²) in [5, 5.41) is 2.62. The van der Waals surface area contributed by atoms with Crippen LogP contribution in [0.1, 0.15) is 71.5 Å². The number of alkyl halides is 2. The molecular weight excluding hydrogens is 486 g/mol. The Labute approximate surface area is 212 Å². The van der Waals surface area contributed by atoms with Crippen molar-refractivity contribution in [3.05, 3.63) is 24.0 Å². The van der Waals surface area contributed by atoms with Crippen LogP contribution in [0.5, 0.6) is 0 Å². The molecule has 0 spiro atoms. The van der Waals surface area contributed by atoms with E-state index in [0.29, 0.717) is 50.8 Å². The molecule has 1 N–H and O–H groups in total. The number of hydrogen-bond acceptors (Lipinski definition) is 4. The van der Waals surface area contributed by atoms with E-state index in [1.54, 1.807) is 25.2 Å². The fraction of sp³-hybridized carbons (Fsp3) is 0.692. The Kier molecular flexibility index (Phi) is 7.50. The first-order valence-electron chi connectivity index (χ1n) is 12.9. The van der Waals surface area contributed by atoms with Crippen LogP contribution >= 0.6 is 0 Å². The lowest BCUT2D eigenvalue weighted by Gasteiger charge is -2.31. The van der Waals surface area contributed by atoms with Gasteiger partial charge in [-0.3, -0.25) is 4.79 Å². The zero-order valence-electron chi connectivity index (χ0n) is 21.7. The fourth-order valence-electron chi connectivity index (χ4n) is 5.49. The van der Waals surface area contributed by atoms with E-state index in [1.165, 1.54) is 4.31 Å². The molecule has 1 saturated heterocycles. The first-order valence-corrected chi connectivity index (χ1v) is 14.3. The van der Waals surface area contributed by atoms with Crippen molar-refractivity contribution in [2.24, 2.45) is 11.8 Å². The van der Waals surface area contributed by atoms with Crippen molar-refractivity contribution in [1.29, 1.82) is 0 Å². The van der Waals surface area contributed by atoms with E-state index in [0.717, 1.165) is 17.8 Å². The lowest BCUT2D eigenvalue weighted by atomic mass is 9.86. The van der Waals surface area contributed by atoms with Gasteiger partial charge in [-0.2, -0.15) is 4.31 Å². The minimum absolute atomic E-state index is 0.00761. The number of imidazole rings is 1. The fourth-order valence-corrected chi connectivity index (χ4v) is 7.07. The number of halogens is 2. The van der Waals surface area contributed by atoms with Gasteiger partial charge in [0.25, 0.3) is 0 Å². The predicted octanol–water partition coefficient (Wildman–Crippen LogP) is 4.70. The van der Waals surface area contributed by atoms with E-state index in [1.807, 2.05) is 0 Å². The molecule has 2 heterocycles. The summed E-state index contributed by atoms with van der Waals surface area (Å²) in [6.07, 6.45) is 2.61. The Morgan fingerprint density at radius 2 is 1.86 bits per heavy atom. The van der Waals surface area contributed by atoms with Crippen LogP contribution in [0, 0.1) is 11.8 Å². The monoisotopic (exact) mass is 524 g/mol. The quantitative estimate of drug-likeness (QED) is 0.594. The Morgan fingerprint density at radius 3 is 2.50 bits per heavy atom. The number of nitrogens with one attached hydrogen (secondary N) is 1.